The van der Waals surface area contributed by atoms with E-state index in [1.165, 1.54) is 52.8 Å². The third-order valence-electron chi connectivity index (χ3n) is 5.41. The van der Waals surface area contributed by atoms with Crippen LogP contribution in [0, 0.1) is 0 Å². The van der Waals surface area contributed by atoms with E-state index < -0.39 is 29.3 Å². The van der Waals surface area contributed by atoms with Crippen LogP contribution >= 0.6 is 23.5 Å². The van der Waals surface area contributed by atoms with E-state index in [0.29, 0.717) is 16.7 Å². The number of carboxylic acids is 1. The molecule has 0 fully saturated rings. The molecule has 0 saturated heterocycles. The van der Waals surface area contributed by atoms with Crippen molar-refractivity contribution in [3.8, 4) is 0 Å². The van der Waals surface area contributed by atoms with Crippen molar-refractivity contribution in [1.29, 1.82) is 0 Å². The zero-order valence-corrected chi connectivity index (χ0v) is 20.4. The second-order valence-electron chi connectivity index (χ2n) is 8.30. The minimum absolute atomic E-state index is 0.00308. The highest BCUT2D eigenvalue weighted by Crippen LogP contribution is 2.41. The Morgan fingerprint density at radius 1 is 0.972 bits per heavy atom. The molecule has 2 aromatic carbocycles. The van der Waals surface area contributed by atoms with E-state index >= 15 is 0 Å². The lowest BCUT2D eigenvalue weighted by molar-refractivity contribution is -0.180. The fourth-order valence-corrected chi connectivity index (χ4v) is 4.34. The van der Waals surface area contributed by atoms with E-state index in [0.717, 1.165) is 31.9 Å². The van der Waals surface area contributed by atoms with Crippen LogP contribution in [0.4, 0.5) is 32.2 Å². The van der Waals surface area contributed by atoms with Crippen molar-refractivity contribution in [3.05, 3.63) is 88.1 Å². The molecule has 4 nitrogen and oxygen atoms in total. The van der Waals surface area contributed by atoms with Gasteiger partial charge in [0.15, 0.2) is 5.82 Å². The molecular weight excluding hydrogens is 530 g/mol. The number of carbonyl (C=O) groups is 1. The topological polar surface area (TPSA) is 53.4 Å². The van der Waals surface area contributed by atoms with E-state index in [2.05, 4.69) is 4.98 Å². The molecule has 3 rings (SSSR count). The molecule has 0 aliphatic heterocycles. The van der Waals surface area contributed by atoms with Crippen LogP contribution in [0.25, 0.3) is 0 Å². The first kappa shape index (κ1) is 27.7. The van der Waals surface area contributed by atoms with Gasteiger partial charge in [-0.15, -0.1) is 0 Å². The first-order valence-electron chi connectivity index (χ1n) is 10.3. The molecule has 0 unspecified atom stereocenters. The molecule has 0 amide bonds. The molecule has 3 aromatic rings. The van der Waals surface area contributed by atoms with Gasteiger partial charge in [0.25, 0.3) is 0 Å². The molecule has 0 spiro atoms. The number of hydrogen-bond acceptors (Lipinski definition) is 4. The summed E-state index contributed by atoms with van der Waals surface area (Å²) in [5.41, 5.74) is -2.48. The van der Waals surface area contributed by atoms with Gasteiger partial charge in [-0.2, -0.15) is 26.3 Å². The molecule has 1 heterocycles. The van der Waals surface area contributed by atoms with Crippen molar-refractivity contribution in [2.75, 3.05) is 4.31 Å². The summed E-state index contributed by atoms with van der Waals surface area (Å²) in [5, 5.41) is 8.80. The Morgan fingerprint density at radius 2 is 1.56 bits per heavy atom. The minimum Gasteiger partial charge on any atom is -0.478 e. The number of pyridine rings is 1. The van der Waals surface area contributed by atoms with E-state index in [1.807, 2.05) is 0 Å². The van der Waals surface area contributed by atoms with Gasteiger partial charge in [0.2, 0.25) is 0 Å². The quantitative estimate of drug-likeness (QED) is 0.239. The number of aromatic carboxylic acids is 1. The van der Waals surface area contributed by atoms with Crippen LogP contribution in [-0.4, -0.2) is 22.2 Å². The van der Waals surface area contributed by atoms with Crippen molar-refractivity contribution in [3.63, 3.8) is 0 Å². The zero-order chi connectivity index (χ0) is 26.9. The van der Waals surface area contributed by atoms with Crippen molar-refractivity contribution in [1.82, 2.24) is 4.98 Å². The lowest BCUT2D eigenvalue weighted by Gasteiger charge is -2.29. The average Bonchev–Trinajstić information content (AvgIpc) is 2.78. The molecule has 1 aromatic heterocycles. The van der Waals surface area contributed by atoms with Crippen LogP contribution in [0.5, 0.6) is 0 Å². The molecule has 0 saturated carbocycles. The number of nitrogens with zero attached hydrogens (tertiary/aromatic N) is 2. The highest BCUT2D eigenvalue weighted by molar-refractivity contribution is 8.00. The number of rotatable bonds is 7. The molecule has 1 N–H and O–H groups in total. The van der Waals surface area contributed by atoms with Crippen LogP contribution in [-0.2, 0) is 18.1 Å². The smallest absolute Gasteiger partial charge is 0.417 e. The van der Waals surface area contributed by atoms with Crippen LogP contribution in [0.1, 0.15) is 40.9 Å². The summed E-state index contributed by atoms with van der Waals surface area (Å²) in [5.74, 6) is -1.13. The summed E-state index contributed by atoms with van der Waals surface area (Å²) in [6.45, 7) is 2.16. The van der Waals surface area contributed by atoms with Gasteiger partial charge in [-0.1, -0.05) is 35.9 Å². The third kappa shape index (κ3) is 6.25. The number of carboxylic acid groups (broad SMARTS) is 1. The summed E-state index contributed by atoms with van der Waals surface area (Å²) < 4.78 is 80.8. The fourth-order valence-electron chi connectivity index (χ4n) is 3.06. The Labute approximate surface area is 212 Å². The number of anilines is 1. The third-order valence-corrected chi connectivity index (χ3v) is 6.70. The predicted octanol–water partition coefficient (Wildman–Crippen LogP) is 8.01. The Morgan fingerprint density at radius 3 is 2.03 bits per heavy atom. The number of halogens is 7. The van der Waals surface area contributed by atoms with Crippen molar-refractivity contribution < 1.29 is 36.2 Å². The molecule has 0 atom stereocenters. The zero-order valence-electron chi connectivity index (χ0n) is 18.8. The fraction of sp³-hybridized carbons (Fsp3) is 0.250. The van der Waals surface area contributed by atoms with Crippen LogP contribution < -0.4 is 4.31 Å². The molecule has 0 bridgehead atoms. The molecular formula is C24H19ClF6N2O2S. The van der Waals surface area contributed by atoms with Crippen molar-refractivity contribution >= 4 is 35.3 Å². The van der Waals surface area contributed by atoms with Crippen LogP contribution in [0.3, 0.4) is 0 Å². The van der Waals surface area contributed by atoms with E-state index in [4.69, 9.17) is 16.7 Å². The second-order valence-corrected chi connectivity index (χ2v) is 9.81. The first-order chi connectivity index (χ1) is 16.6. The number of benzene rings is 2. The summed E-state index contributed by atoms with van der Waals surface area (Å²) in [4.78, 5) is 15.5. The van der Waals surface area contributed by atoms with Crippen LogP contribution in [0.2, 0.25) is 5.02 Å². The Bertz CT molecular complexity index is 1230. The summed E-state index contributed by atoms with van der Waals surface area (Å²) in [6, 6.07) is 12.1. The van der Waals surface area contributed by atoms with Crippen LogP contribution in [0.15, 0.2) is 65.7 Å². The van der Waals surface area contributed by atoms with Gasteiger partial charge >= 0.3 is 18.3 Å². The molecule has 0 radical (unpaired) electrons. The SMILES string of the molecule is CC(C)(c1ccc(CN(Sc2ccc(C(=O)O)cc2)c2ncc(C(F)(F)F)cc2Cl)cc1)C(F)(F)F. The van der Waals surface area contributed by atoms with E-state index in [1.54, 1.807) is 0 Å². The summed E-state index contributed by atoms with van der Waals surface area (Å²) in [7, 11) is 0. The van der Waals surface area contributed by atoms with E-state index in [9.17, 15) is 31.1 Å². The molecule has 12 heteroatoms. The lowest BCUT2D eigenvalue weighted by atomic mass is 9.83. The maximum Gasteiger partial charge on any atom is 0.417 e. The van der Waals surface area contributed by atoms with Gasteiger partial charge in [-0.3, -0.25) is 4.31 Å². The molecule has 0 aliphatic carbocycles. The Balaban J connectivity index is 1.95. The van der Waals surface area contributed by atoms with Gasteiger partial charge in [-0.25, -0.2) is 9.78 Å². The van der Waals surface area contributed by atoms with Gasteiger partial charge in [0.05, 0.1) is 28.1 Å². The number of hydrogen-bond donors (Lipinski definition) is 1. The van der Waals surface area contributed by atoms with Gasteiger partial charge < -0.3 is 5.11 Å². The normalized spacial score (nSPS) is 12.5. The minimum atomic E-state index is -4.65. The molecule has 0 aliphatic rings. The highest BCUT2D eigenvalue weighted by Gasteiger charge is 2.48. The number of aromatic nitrogens is 1. The van der Waals surface area contributed by atoms with Gasteiger partial charge in [-0.05, 0) is 67.3 Å². The maximum absolute atomic E-state index is 13.4. The Kier molecular flexibility index (Phi) is 7.85. The molecule has 36 heavy (non-hydrogen) atoms. The Hall–Kier alpha value is -2.92. The second kappa shape index (κ2) is 10.2. The number of alkyl halides is 6. The highest BCUT2D eigenvalue weighted by atomic mass is 35.5. The van der Waals surface area contributed by atoms with Gasteiger partial charge in [0, 0.05) is 11.1 Å². The monoisotopic (exact) mass is 548 g/mol. The van der Waals surface area contributed by atoms with Gasteiger partial charge in [0.1, 0.15) is 0 Å². The predicted molar refractivity (Wildman–Crippen MR) is 125 cm³/mol. The largest absolute Gasteiger partial charge is 0.478 e. The summed E-state index contributed by atoms with van der Waals surface area (Å²) >= 11 is 7.18. The maximum atomic E-state index is 13.4. The standard InChI is InChI=1S/C24H19ClF6N2O2S/c1-22(2,24(29,30)31)16-7-3-14(4-8-16)13-33(36-18-9-5-15(6-10-18)21(34)35)20-19(25)11-17(12-32-20)23(26,27)28/h3-12H,13H2,1-2H3,(H,34,35). The summed E-state index contributed by atoms with van der Waals surface area (Å²) in [6.07, 6.45) is -8.48. The average molecular weight is 549 g/mol. The first-order valence-corrected chi connectivity index (χ1v) is 11.4. The van der Waals surface area contributed by atoms with Crippen molar-refractivity contribution in [2.24, 2.45) is 0 Å². The lowest BCUT2D eigenvalue weighted by Crippen LogP contribution is -2.36. The molecule has 192 valence electrons. The van der Waals surface area contributed by atoms with E-state index in [-0.39, 0.29) is 28.5 Å². The van der Waals surface area contributed by atoms with Crippen molar-refractivity contribution in [2.45, 2.75) is 43.1 Å².